The number of anilines is 1. The van der Waals surface area contributed by atoms with Gasteiger partial charge in [0.1, 0.15) is 5.82 Å². The minimum Gasteiger partial charge on any atom is -0.384 e. The molecule has 0 aliphatic heterocycles. The number of nitrogen functional groups attached to an aromatic ring is 1. The number of hydrogen-bond acceptors (Lipinski definition) is 3. The summed E-state index contributed by atoms with van der Waals surface area (Å²) >= 11 is 0. The quantitative estimate of drug-likeness (QED) is 0.545. The van der Waals surface area contributed by atoms with E-state index in [0.717, 1.165) is 38.0 Å². The Bertz CT molecular complexity index is 314. The lowest BCUT2D eigenvalue weighted by molar-refractivity contribution is 0.650. The van der Waals surface area contributed by atoms with Crippen LogP contribution in [0.1, 0.15) is 24.1 Å². The highest BCUT2D eigenvalue weighted by Crippen LogP contribution is 2.08. The topological polar surface area (TPSA) is 50.9 Å². The monoisotopic (exact) mass is 219 g/mol. The molecular formula is C13H21N3. The minimum absolute atomic E-state index is 0.625. The van der Waals surface area contributed by atoms with Crippen LogP contribution in [-0.2, 0) is 6.42 Å². The zero-order chi connectivity index (χ0) is 11.8. The van der Waals surface area contributed by atoms with Crippen molar-refractivity contribution in [3.8, 4) is 0 Å². The molecule has 0 radical (unpaired) electrons. The van der Waals surface area contributed by atoms with Gasteiger partial charge in [0.25, 0.3) is 0 Å². The van der Waals surface area contributed by atoms with E-state index in [9.17, 15) is 0 Å². The molecule has 0 aliphatic carbocycles. The fourth-order valence-corrected chi connectivity index (χ4v) is 1.66. The maximum Gasteiger partial charge on any atom is 0.123 e. The minimum atomic E-state index is 0.625. The van der Waals surface area contributed by atoms with Gasteiger partial charge in [0.05, 0.1) is 0 Å². The number of rotatable bonds is 7. The smallest absolute Gasteiger partial charge is 0.123 e. The van der Waals surface area contributed by atoms with Gasteiger partial charge in [-0.25, -0.2) is 4.98 Å². The second-order valence-corrected chi connectivity index (χ2v) is 4.01. The van der Waals surface area contributed by atoms with E-state index in [-0.39, 0.29) is 0 Å². The molecule has 0 atom stereocenters. The Kier molecular flexibility index (Phi) is 5.57. The SMILES string of the molecule is C=CCNCCCCc1cc(C)cc(N)n1. The van der Waals surface area contributed by atoms with Gasteiger partial charge in [-0.3, -0.25) is 0 Å². The molecule has 1 aromatic heterocycles. The van der Waals surface area contributed by atoms with Gasteiger partial charge in [0.15, 0.2) is 0 Å². The maximum atomic E-state index is 5.69. The van der Waals surface area contributed by atoms with Crippen LogP contribution in [0.5, 0.6) is 0 Å². The molecule has 0 amide bonds. The molecule has 1 rings (SSSR count). The maximum absolute atomic E-state index is 5.69. The average molecular weight is 219 g/mol. The van der Waals surface area contributed by atoms with E-state index in [1.54, 1.807) is 0 Å². The lowest BCUT2D eigenvalue weighted by atomic mass is 10.1. The third-order valence-corrected chi connectivity index (χ3v) is 2.37. The molecule has 3 N–H and O–H groups in total. The van der Waals surface area contributed by atoms with E-state index < -0.39 is 0 Å². The molecule has 3 heteroatoms. The lowest BCUT2D eigenvalue weighted by Crippen LogP contribution is -2.14. The van der Waals surface area contributed by atoms with Gasteiger partial charge < -0.3 is 11.1 Å². The highest BCUT2D eigenvalue weighted by molar-refractivity contribution is 5.34. The molecule has 0 unspecified atom stereocenters. The largest absolute Gasteiger partial charge is 0.384 e. The Labute approximate surface area is 97.8 Å². The summed E-state index contributed by atoms with van der Waals surface area (Å²) in [5.41, 5.74) is 7.98. The van der Waals surface area contributed by atoms with E-state index in [1.165, 1.54) is 5.56 Å². The van der Waals surface area contributed by atoms with Crippen molar-refractivity contribution in [3.63, 3.8) is 0 Å². The van der Waals surface area contributed by atoms with Gasteiger partial charge in [-0.2, -0.15) is 0 Å². The number of nitrogens with zero attached hydrogens (tertiary/aromatic N) is 1. The zero-order valence-electron chi connectivity index (χ0n) is 10.00. The highest BCUT2D eigenvalue weighted by atomic mass is 14.8. The normalized spacial score (nSPS) is 10.3. The summed E-state index contributed by atoms with van der Waals surface area (Å²) in [5.74, 6) is 0.625. The summed E-state index contributed by atoms with van der Waals surface area (Å²) in [4.78, 5) is 4.31. The molecule has 1 aromatic rings. The number of nitrogens with two attached hydrogens (primary N) is 1. The van der Waals surface area contributed by atoms with Gasteiger partial charge in [-0.15, -0.1) is 6.58 Å². The van der Waals surface area contributed by atoms with Crippen molar-refractivity contribution in [2.75, 3.05) is 18.8 Å². The van der Waals surface area contributed by atoms with Crippen LogP contribution >= 0.6 is 0 Å². The first kappa shape index (κ1) is 12.7. The van der Waals surface area contributed by atoms with Gasteiger partial charge in [-0.05, 0) is 50.4 Å². The van der Waals surface area contributed by atoms with E-state index in [1.807, 2.05) is 19.1 Å². The number of aromatic nitrogens is 1. The summed E-state index contributed by atoms with van der Waals surface area (Å²) in [6.45, 7) is 7.63. The Hall–Kier alpha value is -1.35. The fourth-order valence-electron chi connectivity index (χ4n) is 1.66. The second-order valence-electron chi connectivity index (χ2n) is 4.01. The first-order valence-corrected chi connectivity index (χ1v) is 5.77. The number of aryl methyl sites for hydroxylation is 2. The third kappa shape index (κ3) is 4.94. The highest BCUT2D eigenvalue weighted by Gasteiger charge is 1.98. The van der Waals surface area contributed by atoms with Crippen LogP contribution in [0, 0.1) is 6.92 Å². The number of unbranched alkanes of at least 4 members (excludes halogenated alkanes) is 1. The van der Waals surface area contributed by atoms with Gasteiger partial charge >= 0.3 is 0 Å². The molecule has 0 spiro atoms. The van der Waals surface area contributed by atoms with Crippen molar-refractivity contribution in [2.45, 2.75) is 26.2 Å². The first-order valence-electron chi connectivity index (χ1n) is 5.77. The van der Waals surface area contributed by atoms with Gasteiger partial charge in [-0.1, -0.05) is 6.08 Å². The number of hydrogen-bond donors (Lipinski definition) is 2. The van der Waals surface area contributed by atoms with Gasteiger partial charge in [0, 0.05) is 12.2 Å². The third-order valence-electron chi connectivity index (χ3n) is 2.37. The standard InChI is InChI=1S/C13H21N3/c1-3-7-15-8-5-4-6-12-9-11(2)10-13(14)16-12/h3,9-10,15H,1,4-8H2,2H3,(H2,14,16). The molecule has 16 heavy (non-hydrogen) atoms. The van der Waals surface area contributed by atoms with Crippen LogP contribution in [0.2, 0.25) is 0 Å². The number of nitrogens with one attached hydrogen (secondary N) is 1. The average Bonchev–Trinajstić information content (AvgIpc) is 2.22. The van der Waals surface area contributed by atoms with Crippen molar-refractivity contribution in [2.24, 2.45) is 0 Å². The number of pyridine rings is 1. The fraction of sp³-hybridized carbons (Fsp3) is 0.462. The van der Waals surface area contributed by atoms with E-state index in [0.29, 0.717) is 5.82 Å². The van der Waals surface area contributed by atoms with Gasteiger partial charge in [0.2, 0.25) is 0 Å². The van der Waals surface area contributed by atoms with Crippen LogP contribution in [0.3, 0.4) is 0 Å². The van der Waals surface area contributed by atoms with Crippen molar-refractivity contribution in [1.29, 1.82) is 0 Å². The molecule has 0 saturated heterocycles. The van der Waals surface area contributed by atoms with E-state index in [2.05, 4.69) is 22.9 Å². The first-order chi connectivity index (χ1) is 7.72. The predicted octanol–water partition coefficient (Wildman–Crippen LogP) is 2.07. The lowest BCUT2D eigenvalue weighted by Gasteiger charge is -2.04. The summed E-state index contributed by atoms with van der Waals surface area (Å²) in [7, 11) is 0. The van der Waals surface area contributed by atoms with E-state index >= 15 is 0 Å². The molecule has 1 heterocycles. The Morgan fingerprint density at radius 2 is 2.25 bits per heavy atom. The van der Waals surface area contributed by atoms with Crippen molar-refractivity contribution < 1.29 is 0 Å². The summed E-state index contributed by atoms with van der Waals surface area (Å²) in [6, 6.07) is 4.00. The molecule has 3 nitrogen and oxygen atoms in total. The summed E-state index contributed by atoms with van der Waals surface area (Å²) < 4.78 is 0. The zero-order valence-corrected chi connectivity index (χ0v) is 10.00. The Balaban J connectivity index is 2.23. The summed E-state index contributed by atoms with van der Waals surface area (Å²) in [6.07, 6.45) is 5.17. The molecule has 0 saturated carbocycles. The Morgan fingerprint density at radius 1 is 1.44 bits per heavy atom. The Morgan fingerprint density at radius 3 is 2.94 bits per heavy atom. The molecule has 0 aliphatic rings. The van der Waals surface area contributed by atoms with Crippen molar-refractivity contribution in [3.05, 3.63) is 36.0 Å². The van der Waals surface area contributed by atoms with Crippen LogP contribution < -0.4 is 11.1 Å². The second kappa shape index (κ2) is 7.01. The van der Waals surface area contributed by atoms with Crippen LogP contribution in [-0.4, -0.2) is 18.1 Å². The van der Waals surface area contributed by atoms with Crippen molar-refractivity contribution >= 4 is 5.82 Å². The molecule has 0 aromatic carbocycles. The van der Waals surface area contributed by atoms with Crippen LogP contribution in [0.25, 0.3) is 0 Å². The summed E-state index contributed by atoms with van der Waals surface area (Å²) in [5, 5.41) is 3.28. The molecule has 0 bridgehead atoms. The predicted molar refractivity (Wildman–Crippen MR) is 69.4 cm³/mol. The van der Waals surface area contributed by atoms with E-state index in [4.69, 9.17) is 5.73 Å². The van der Waals surface area contributed by atoms with Crippen molar-refractivity contribution in [1.82, 2.24) is 10.3 Å². The molecular weight excluding hydrogens is 198 g/mol. The van der Waals surface area contributed by atoms with Crippen LogP contribution in [0.15, 0.2) is 24.8 Å². The van der Waals surface area contributed by atoms with Crippen LogP contribution in [0.4, 0.5) is 5.82 Å². The molecule has 0 fully saturated rings. The molecule has 88 valence electrons.